The van der Waals surface area contributed by atoms with Gasteiger partial charge in [-0.05, 0) is 93.1 Å². The van der Waals surface area contributed by atoms with E-state index in [9.17, 15) is 33.2 Å². The number of nitriles is 1. The number of piperazine rings is 1. The van der Waals surface area contributed by atoms with E-state index < -0.39 is 23.1 Å². The van der Waals surface area contributed by atoms with Gasteiger partial charge in [0.15, 0.2) is 0 Å². The zero-order valence-corrected chi connectivity index (χ0v) is 37.7. The molecule has 15 nitrogen and oxygen atoms in total. The lowest BCUT2D eigenvalue weighted by molar-refractivity contribution is -0.135. The van der Waals surface area contributed by atoms with Crippen molar-refractivity contribution in [1.82, 2.24) is 35.0 Å². The first-order valence-corrected chi connectivity index (χ1v) is 23.2. The van der Waals surface area contributed by atoms with Crippen LogP contribution in [0.25, 0.3) is 16.6 Å². The number of amides is 4. The van der Waals surface area contributed by atoms with Crippen molar-refractivity contribution in [1.29, 1.82) is 5.26 Å². The maximum absolute atomic E-state index is 14.9. The Morgan fingerprint density at radius 3 is 2.43 bits per heavy atom. The van der Waals surface area contributed by atoms with E-state index in [0.717, 1.165) is 78.6 Å². The van der Waals surface area contributed by atoms with Crippen LogP contribution in [0.15, 0.2) is 79.3 Å². The minimum atomic E-state index is -0.794. The molecule has 0 saturated carbocycles. The molecular weight excluding hydrogens is 859 g/mol. The summed E-state index contributed by atoms with van der Waals surface area (Å²) in [5.41, 5.74) is 3.43. The molecule has 0 radical (unpaired) electrons. The lowest BCUT2D eigenvalue weighted by atomic mass is 9.86. The van der Waals surface area contributed by atoms with Crippen molar-refractivity contribution >= 4 is 40.7 Å². The first-order valence-electron chi connectivity index (χ1n) is 23.2. The number of ether oxygens (including phenoxy) is 1. The SMILES string of the molecule is CCOc1cc(-c2ccc(N3CCC(CN4CCN(C(=O)CCCCCCNc5ccc(C6CCC(=O)NC6=O)cc5)CC4)(NC(=O)c4cc(F)ccc4F)CC3)nc2)c2c(C#N)cnn2c1. The van der Waals surface area contributed by atoms with Gasteiger partial charge in [0.1, 0.15) is 29.3 Å². The number of aromatic nitrogens is 3. The summed E-state index contributed by atoms with van der Waals surface area (Å²) in [6.07, 6.45) is 11.1. The highest BCUT2D eigenvalue weighted by Crippen LogP contribution is 2.33. The number of carbonyl (C=O) groups is 4. The normalized spacial score (nSPS) is 17.5. The molecule has 2 aromatic carbocycles. The fourth-order valence-corrected chi connectivity index (χ4v) is 9.42. The molecule has 1 unspecified atom stereocenters. The first-order chi connectivity index (χ1) is 32.5. The Balaban J connectivity index is 0.820. The number of hydrogen-bond acceptors (Lipinski definition) is 11. The van der Waals surface area contributed by atoms with E-state index in [0.29, 0.717) is 101 Å². The number of fused-ring (bicyclic) bond motifs is 1. The fourth-order valence-electron chi connectivity index (χ4n) is 9.42. The van der Waals surface area contributed by atoms with Crippen molar-refractivity contribution in [3.63, 3.8) is 0 Å². The molecule has 0 bridgehead atoms. The summed E-state index contributed by atoms with van der Waals surface area (Å²) in [5, 5.41) is 23.1. The van der Waals surface area contributed by atoms with Gasteiger partial charge >= 0.3 is 0 Å². The summed E-state index contributed by atoms with van der Waals surface area (Å²) in [5.74, 6) is -1.43. The van der Waals surface area contributed by atoms with E-state index >= 15 is 0 Å². The maximum Gasteiger partial charge on any atom is 0.254 e. The number of hydrogen-bond donors (Lipinski definition) is 3. The number of pyridine rings is 2. The summed E-state index contributed by atoms with van der Waals surface area (Å²) < 4.78 is 36.5. The van der Waals surface area contributed by atoms with Gasteiger partial charge in [-0.1, -0.05) is 25.0 Å². The van der Waals surface area contributed by atoms with Crippen LogP contribution in [0.4, 0.5) is 20.3 Å². The zero-order chi connectivity index (χ0) is 46.9. The Bertz CT molecular complexity index is 2620. The van der Waals surface area contributed by atoms with Crippen LogP contribution in [0.2, 0.25) is 0 Å². The van der Waals surface area contributed by atoms with Crippen molar-refractivity contribution in [3.8, 4) is 22.9 Å². The zero-order valence-electron chi connectivity index (χ0n) is 37.7. The lowest BCUT2D eigenvalue weighted by Gasteiger charge is -2.46. The van der Waals surface area contributed by atoms with E-state index in [4.69, 9.17) is 9.72 Å². The number of nitrogens with one attached hydrogen (secondary N) is 3. The van der Waals surface area contributed by atoms with E-state index in [1.165, 1.54) is 6.20 Å². The molecule has 0 spiro atoms. The molecule has 6 heterocycles. The molecule has 8 rings (SSSR count). The predicted octanol–water partition coefficient (Wildman–Crippen LogP) is 6.44. The number of nitrogens with zero attached hydrogens (tertiary/aromatic N) is 7. The molecule has 5 aromatic rings. The van der Waals surface area contributed by atoms with Gasteiger partial charge in [-0.2, -0.15) is 10.4 Å². The van der Waals surface area contributed by atoms with Crippen molar-refractivity contribution in [2.75, 3.05) is 69.2 Å². The third-order valence-electron chi connectivity index (χ3n) is 13.1. The first kappa shape index (κ1) is 46.6. The fraction of sp³-hybridized carbons (Fsp3) is 0.420. The Kier molecular flexibility index (Phi) is 14.7. The molecule has 3 N–H and O–H groups in total. The molecule has 3 aliphatic heterocycles. The van der Waals surface area contributed by atoms with Crippen molar-refractivity contribution in [2.24, 2.45) is 0 Å². The Morgan fingerprint density at radius 2 is 1.72 bits per heavy atom. The molecule has 0 aliphatic carbocycles. The molecule has 3 aliphatic rings. The van der Waals surface area contributed by atoms with Gasteiger partial charge in [0.25, 0.3) is 5.91 Å². The molecular formula is C50H56F2N10O5. The summed E-state index contributed by atoms with van der Waals surface area (Å²) in [6.45, 7) is 7.08. The monoisotopic (exact) mass is 914 g/mol. The second-order valence-electron chi connectivity index (χ2n) is 17.6. The third kappa shape index (κ3) is 11.2. The average molecular weight is 915 g/mol. The largest absolute Gasteiger partial charge is 0.492 e. The molecule has 3 saturated heterocycles. The number of anilines is 2. The minimum absolute atomic E-state index is 0.132. The number of carbonyl (C=O) groups excluding carboxylic acids is 4. The van der Waals surface area contributed by atoms with Gasteiger partial charge in [-0.3, -0.25) is 29.4 Å². The van der Waals surface area contributed by atoms with Gasteiger partial charge in [0.2, 0.25) is 17.7 Å². The van der Waals surface area contributed by atoms with Crippen LogP contribution in [0, 0.1) is 23.0 Å². The van der Waals surface area contributed by atoms with Crippen LogP contribution in [0.5, 0.6) is 5.75 Å². The molecule has 1 atom stereocenters. The molecule has 4 amide bonds. The van der Waals surface area contributed by atoms with Gasteiger partial charge in [-0.15, -0.1) is 0 Å². The standard InChI is InChI=1S/C50H56F2N10O5/c1-2-67-39-28-41(47-36(29-53)31-56-62(47)32-39)35-10-16-44(55-30-35)60-21-18-50(19-22-60,58-49(66)42-27-37(51)11-15-43(42)52)33-59-23-25-61(26-24-59)46(64)7-5-3-4-6-20-54-38-12-8-34(9-13-38)40-14-17-45(63)57-48(40)65/h8-13,15-16,27-28,30-32,40,54H,2-7,14,17-26,33H2,1H3,(H,58,66)(H,57,63,65). The molecule has 3 fully saturated rings. The predicted molar refractivity (Wildman–Crippen MR) is 248 cm³/mol. The van der Waals surface area contributed by atoms with Gasteiger partial charge in [0, 0.05) is 88.2 Å². The number of rotatable bonds is 17. The number of halogens is 2. The van der Waals surface area contributed by atoms with Gasteiger partial charge in [-0.25, -0.2) is 18.3 Å². The van der Waals surface area contributed by atoms with E-state index in [-0.39, 0.29) is 29.2 Å². The Hall–Kier alpha value is -6.93. The molecule has 3 aromatic heterocycles. The van der Waals surface area contributed by atoms with Gasteiger partial charge < -0.3 is 25.2 Å². The maximum atomic E-state index is 14.9. The van der Waals surface area contributed by atoms with E-state index in [2.05, 4.69) is 36.9 Å². The highest BCUT2D eigenvalue weighted by Gasteiger charge is 2.39. The summed E-state index contributed by atoms with van der Waals surface area (Å²) >= 11 is 0. The van der Waals surface area contributed by atoms with Crippen LogP contribution in [-0.2, 0) is 14.4 Å². The third-order valence-corrected chi connectivity index (χ3v) is 13.1. The van der Waals surface area contributed by atoms with Crippen molar-refractivity contribution in [2.45, 2.75) is 76.2 Å². The minimum Gasteiger partial charge on any atom is -0.492 e. The van der Waals surface area contributed by atoms with E-state index in [1.807, 2.05) is 54.3 Å². The second kappa shape index (κ2) is 21.1. The van der Waals surface area contributed by atoms with Crippen LogP contribution in [0.1, 0.15) is 92.1 Å². The number of piperidine rings is 2. The van der Waals surface area contributed by atoms with Crippen LogP contribution < -0.4 is 25.6 Å². The smallest absolute Gasteiger partial charge is 0.254 e. The van der Waals surface area contributed by atoms with Crippen LogP contribution >= 0.6 is 0 Å². The number of unbranched alkanes of at least 4 members (excludes halogenated alkanes) is 3. The van der Waals surface area contributed by atoms with E-state index in [1.54, 1.807) is 16.9 Å². The summed E-state index contributed by atoms with van der Waals surface area (Å²) in [6, 6.07) is 18.6. The van der Waals surface area contributed by atoms with Crippen LogP contribution in [-0.4, -0.2) is 113 Å². The molecule has 350 valence electrons. The van der Waals surface area contributed by atoms with Crippen LogP contribution in [0.3, 0.4) is 0 Å². The van der Waals surface area contributed by atoms with Crippen molar-refractivity contribution < 1.29 is 32.7 Å². The molecule has 67 heavy (non-hydrogen) atoms. The Labute approximate surface area is 388 Å². The highest BCUT2D eigenvalue weighted by atomic mass is 19.1. The lowest BCUT2D eigenvalue weighted by Crippen LogP contribution is -2.62. The molecule has 17 heteroatoms. The average Bonchev–Trinajstić information content (AvgIpc) is 3.76. The van der Waals surface area contributed by atoms with Gasteiger partial charge in [0.05, 0.1) is 47.1 Å². The highest BCUT2D eigenvalue weighted by molar-refractivity contribution is 6.01. The summed E-state index contributed by atoms with van der Waals surface area (Å²) in [7, 11) is 0. The number of benzene rings is 2. The second-order valence-corrected chi connectivity index (χ2v) is 17.6. The number of imide groups is 1. The summed E-state index contributed by atoms with van der Waals surface area (Å²) in [4.78, 5) is 61.7. The van der Waals surface area contributed by atoms with Crippen molar-refractivity contribution in [3.05, 3.63) is 108 Å². The quantitative estimate of drug-likeness (QED) is 0.0691. The Morgan fingerprint density at radius 1 is 0.940 bits per heavy atom. The topological polar surface area (TPSA) is 177 Å².